The molecule has 1 unspecified atom stereocenters. The minimum atomic E-state index is -0.547. The van der Waals surface area contributed by atoms with Crippen LogP contribution in [0.1, 0.15) is 11.6 Å². The van der Waals surface area contributed by atoms with E-state index in [2.05, 4.69) is 11.4 Å². The molecule has 0 spiro atoms. The lowest BCUT2D eigenvalue weighted by Gasteiger charge is -2.13. The molecule has 20 heavy (non-hydrogen) atoms. The topological polar surface area (TPSA) is 79.0 Å². The molecule has 0 fully saturated rings. The predicted octanol–water partition coefficient (Wildman–Crippen LogP) is 3.92. The van der Waals surface area contributed by atoms with E-state index in [0.29, 0.717) is 10.7 Å². The van der Waals surface area contributed by atoms with E-state index in [1.165, 1.54) is 12.1 Å². The number of nitro groups is 1. The standard InChI is InChI=1S/C14H10ClN3O2/c15-11-3-1-10(2-4-11)14(9-16)17-12-5-7-13(8-6-12)18(19)20/h1-8,14,17H. The number of benzene rings is 2. The van der Waals surface area contributed by atoms with Crippen molar-refractivity contribution in [3.8, 4) is 6.07 Å². The Hall–Kier alpha value is -2.58. The van der Waals surface area contributed by atoms with Crippen molar-refractivity contribution < 1.29 is 4.92 Å². The van der Waals surface area contributed by atoms with Gasteiger partial charge in [0.1, 0.15) is 6.04 Å². The molecule has 0 amide bonds. The number of nitrogens with zero attached hydrogens (tertiary/aromatic N) is 2. The maximum Gasteiger partial charge on any atom is 0.269 e. The molecule has 1 N–H and O–H groups in total. The molecule has 1 atom stereocenters. The first-order valence-electron chi connectivity index (χ1n) is 5.76. The molecule has 0 radical (unpaired) electrons. The van der Waals surface area contributed by atoms with E-state index in [4.69, 9.17) is 11.6 Å². The second kappa shape index (κ2) is 6.04. The van der Waals surface area contributed by atoms with Gasteiger partial charge in [-0.25, -0.2) is 0 Å². The van der Waals surface area contributed by atoms with Crippen molar-refractivity contribution >= 4 is 23.0 Å². The van der Waals surface area contributed by atoms with Crippen molar-refractivity contribution in [3.63, 3.8) is 0 Å². The maximum absolute atomic E-state index is 10.6. The lowest BCUT2D eigenvalue weighted by atomic mass is 10.1. The lowest BCUT2D eigenvalue weighted by Crippen LogP contribution is -2.08. The summed E-state index contributed by atoms with van der Waals surface area (Å²) in [7, 11) is 0. The Labute approximate surface area is 120 Å². The third-order valence-electron chi connectivity index (χ3n) is 2.72. The van der Waals surface area contributed by atoms with Gasteiger partial charge in [-0.2, -0.15) is 5.26 Å². The Morgan fingerprint density at radius 3 is 2.25 bits per heavy atom. The SMILES string of the molecule is N#CC(Nc1ccc([N+](=O)[O-])cc1)c1ccc(Cl)cc1. The van der Waals surface area contributed by atoms with Gasteiger partial charge >= 0.3 is 0 Å². The first-order valence-corrected chi connectivity index (χ1v) is 6.14. The molecule has 0 aliphatic carbocycles. The number of hydrogen-bond acceptors (Lipinski definition) is 4. The quantitative estimate of drug-likeness (QED) is 0.682. The number of halogens is 1. The molecule has 0 heterocycles. The van der Waals surface area contributed by atoms with Crippen molar-refractivity contribution in [2.24, 2.45) is 0 Å². The van der Waals surface area contributed by atoms with Gasteiger partial charge in [0, 0.05) is 22.8 Å². The van der Waals surface area contributed by atoms with Gasteiger partial charge in [0.2, 0.25) is 0 Å². The highest BCUT2D eigenvalue weighted by Crippen LogP contribution is 2.22. The molecule has 100 valence electrons. The molecular weight excluding hydrogens is 278 g/mol. The van der Waals surface area contributed by atoms with Crippen LogP contribution in [0.25, 0.3) is 0 Å². The summed E-state index contributed by atoms with van der Waals surface area (Å²) in [6.45, 7) is 0. The second-order valence-corrected chi connectivity index (χ2v) is 4.50. The normalized spacial score (nSPS) is 11.4. The van der Waals surface area contributed by atoms with Gasteiger partial charge in [-0.05, 0) is 29.8 Å². The van der Waals surface area contributed by atoms with Gasteiger partial charge in [-0.3, -0.25) is 10.1 Å². The van der Waals surface area contributed by atoms with Crippen LogP contribution in [0.5, 0.6) is 0 Å². The fourth-order valence-corrected chi connectivity index (χ4v) is 1.82. The fourth-order valence-electron chi connectivity index (χ4n) is 1.69. The van der Waals surface area contributed by atoms with Crippen LogP contribution >= 0.6 is 11.6 Å². The fraction of sp³-hybridized carbons (Fsp3) is 0.0714. The van der Waals surface area contributed by atoms with Gasteiger partial charge in [0.15, 0.2) is 0 Å². The van der Waals surface area contributed by atoms with E-state index in [0.717, 1.165) is 5.56 Å². The van der Waals surface area contributed by atoms with Crippen molar-refractivity contribution in [1.29, 1.82) is 5.26 Å². The van der Waals surface area contributed by atoms with Crippen molar-refractivity contribution in [2.75, 3.05) is 5.32 Å². The molecular formula is C14H10ClN3O2. The zero-order chi connectivity index (χ0) is 14.5. The second-order valence-electron chi connectivity index (χ2n) is 4.06. The molecule has 0 saturated heterocycles. The zero-order valence-electron chi connectivity index (χ0n) is 10.3. The number of rotatable bonds is 4. The number of nitriles is 1. The highest BCUT2D eigenvalue weighted by molar-refractivity contribution is 6.30. The molecule has 2 aromatic rings. The number of hydrogen-bond donors (Lipinski definition) is 1. The Morgan fingerprint density at radius 1 is 1.15 bits per heavy atom. The molecule has 2 aromatic carbocycles. The number of nitro benzene ring substituents is 1. The van der Waals surface area contributed by atoms with E-state index in [-0.39, 0.29) is 5.69 Å². The van der Waals surface area contributed by atoms with Gasteiger partial charge in [-0.1, -0.05) is 23.7 Å². The van der Waals surface area contributed by atoms with Crippen LogP contribution in [0.4, 0.5) is 11.4 Å². The van der Waals surface area contributed by atoms with E-state index < -0.39 is 11.0 Å². The van der Waals surface area contributed by atoms with Gasteiger partial charge in [0.25, 0.3) is 5.69 Å². The van der Waals surface area contributed by atoms with Crippen LogP contribution in [0.2, 0.25) is 5.02 Å². The average Bonchev–Trinajstić information content (AvgIpc) is 2.46. The van der Waals surface area contributed by atoms with E-state index in [9.17, 15) is 15.4 Å². The van der Waals surface area contributed by atoms with Crippen LogP contribution in [-0.4, -0.2) is 4.92 Å². The van der Waals surface area contributed by atoms with Crippen molar-refractivity contribution in [1.82, 2.24) is 0 Å². The maximum atomic E-state index is 10.6. The summed E-state index contributed by atoms with van der Waals surface area (Å²) < 4.78 is 0. The summed E-state index contributed by atoms with van der Waals surface area (Å²) in [5.74, 6) is 0. The lowest BCUT2D eigenvalue weighted by molar-refractivity contribution is -0.384. The largest absolute Gasteiger partial charge is 0.366 e. The van der Waals surface area contributed by atoms with Gasteiger partial charge in [0.05, 0.1) is 11.0 Å². The number of nitrogens with one attached hydrogen (secondary N) is 1. The van der Waals surface area contributed by atoms with E-state index in [1.54, 1.807) is 36.4 Å². The van der Waals surface area contributed by atoms with Crippen LogP contribution < -0.4 is 5.32 Å². The Kier molecular flexibility index (Phi) is 4.18. The number of non-ortho nitro benzene ring substituents is 1. The molecule has 5 nitrogen and oxygen atoms in total. The minimum absolute atomic E-state index is 0.00977. The third kappa shape index (κ3) is 3.25. The summed E-state index contributed by atoms with van der Waals surface area (Å²) in [6.07, 6.45) is 0. The summed E-state index contributed by atoms with van der Waals surface area (Å²) in [5, 5.41) is 23.4. The zero-order valence-corrected chi connectivity index (χ0v) is 11.0. The summed E-state index contributed by atoms with van der Waals surface area (Å²) in [5.41, 5.74) is 1.42. The van der Waals surface area contributed by atoms with Crippen LogP contribution in [0, 0.1) is 21.4 Å². The van der Waals surface area contributed by atoms with Crippen LogP contribution in [-0.2, 0) is 0 Å². The van der Waals surface area contributed by atoms with Crippen LogP contribution in [0.15, 0.2) is 48.5 Å². The van der Waals surface area contributed by atoms with Crippen molar-refractivity contribution in [2.45, 2.75) is 6.04 Å². The molecule has 0 saturated carbocycles. The van der Waals surface area contributed by atoms with Crippen LogP contribution in [0.3, 0.4) is 0 Å². The first kappa shape index (κ1) is 13.8. The molecule has 0 aliphatic rings. The summed E-state index contributed by atoms with van der Waals surface area (Å²) in [6, 6.07) is 14.4. The monoisotopic (exact) mass is 287 g/mol. The Balaban J connectivity index is 2.16. The summed E-state index contributed by atoms with van der Waals surface area (Å²) in [4.78, 5) is 10.1. The van der Waals surface area contributed by atoms with Crippen molar-refractivity contribution in [3.05, 3.63) is 69.2 Å². The average molecular weight is 288 g/mol. The molecule has 0 bridgehead atoms. The number of anilines is 1. The molecule has 2 rings (SSSR count). The third-order valence-corrected chi connectivity index (χ3v) is 2.97. The highest BCUT2D eigenvalue weighted by Gasteiger charge is 2.11. The Morgan fingerprint density at radius 2 is 1.75 bits per heavy atom. The summed E-state index contributed by atoms with van der Waals surface area (Å²) >= 11 is 5.80. The predicted molar refractivity (Wildman–Crippen MR) is 76.5 cm³/mol. The minimum Gasteiger partial charge on any atom is -0.366 e. The molecule has 6 heteroatoms. The van der Waals surface area contributed by atoms with E-state index >= 15 is 0 Å². The van der Waals surface area contributed by atoms with E-state index in [1.807, 2.05) is 0 Å². The Bertz CT molecular complexity index is 648. The highest BCUT2D eigenvalue weighted by atomic mass is 35.5. The smallest absolute Gasteiger partial charge is 0.269 e. The molecule has 0 aromatic heterocycles. The van der Waals surface area contributed by atoms with Gasteiger partial charge in [-0.15, -0.1) is 0 Å². The van der Waals surface area contributed by atoms with Gasteiger partial charge < -0.3 is 5.32 Å². The first-order chi connectivity index (χ1) is 9.60. The molecule has 0 aliphatic heterocycles.